The Balaban J connectivity index is 2.28. The Kier molecular flexibility index (Phi) is 5.05. The van der Waals surface area contributed by atoms with Crippen molar-refractivity contribution in [1.29, 1.82) is 0 Å². The molecular weight excluding hydrogens is 324 g/mol. The summed E-state index contributed by atoms with van der Waals surface area (Å²) in [6.07, 6.45) is -0.226. The molecule has 1 aromatic rings. The van der Waals surface area contributed by atoms with Crippen LogP contribution in [0.15, 0.2) is 12.1 Å². The van der Waals surface area contributed by atoms with E-state index in [0.29, 0.717) is 18.1 Å². The highest BCUT2D eigenvalue weighted by atomic mass is 35.5. The second-order valence-electron chi connectivity index (χ2n) is 4.57. The molecule has 1 N–H and O–H groups in total. The number of nitrogens with zero attached hydrogens (tertiary/aromatic N) is 1. The predicted molar refractivity (Wildman–Crippen MR) is 75.8 cm³/mol. The SMILES string of the molecule is O=C(O)CC1CSCCN1C(=O)c1cc(F)c(Cl)cc1F. The fourth-order valence-electron chi connectivity index (χ4n) is 2.13. The quantitative estimate of drug-likeness (QED) is 0.863. The molecule has 1 unspecified atom stereocenters. The molecule has 114 valence electrons. The highest BCUT2D eigenvalue weighted by Gasteiger charge is 2.31. The summed E-state index contributed by atoms with van der Waals surface area (Å²) >= 11 is 6.98. The number of thioether (sulfide) groups is 1. The van der Waals surface area contributed by atoms with E-state index in [2.05, 4.69) is 0 Å². The monoisotopic (exact) mass is 335 g/mol. The van der Waals surface area contributed by atoms with Gasteiger partial charge in [-0.25, -0.2) is 8.78 Å². The molecule has 8 heteroatoms. The largest absolute Gasteiger partial charge is 0.481 e. The second-order valence-corrected chi connectivity index (χ2v) is 6.13. The lowest BCUT2D eigenvalue weighted by Crippen LogP contribution is -2.47. The van der Waals surface area contributed by atoms with Gasteiger partial charge in [0.15, 0.2) is 0 Å². The van der Waals surface area contributed by atoms with Gasteiger partial charge >= 0.3 is 5.97 Å². The standard InChI is InChI=1S/C13H12ClF2NO3S/c14-9-5-10(15)8(4-11(9)16)13(20)17-1-2-21-6-7(17)3-12(18)19/h4-5,7H,1-3,6H2,(H,18,19). The molecule has 0 saturated carbocycles. The zero-order chi connectivity index (χ0) is 15.6. The fourth-order valence-corrected chi connectivity index (χ4v) is 3.35. The highest BCUT2D eigenvalue weighted by molar-refractivity contribution is 7.99. The molecule has 1 amide bonds. The number of aliphatic carboxylic acids is 1. The van der Waals surface area contributed by atoms with Gasteiger partial charge in [0.25, 0.3) is 5.91 Å². The lowest BCUT2D eigenvalue weighted by molar-refractivity contribution is -0.138. The summed E-state index contributed by atoms with van der Waals surface area (Å²) in [5, 5.41) is 8.47. The molecule has 1 saturated heterocycles. The number of carbonyl (C=O) groups is 2. The summed E-state index contributed by atoms with van der Waals surface area (Å²) in [6, 6.07) is 0.959. The van der Waals surface area contributed by atoms with Crippen molar-refractivity contribution in [2.24, 2.45) is 0 Å². The van der Waals surface area contributed by atoms with Gasteiger partial charge in [-0.15, -0.1) is 0 Å². The average molecular weight is 336 g/mol. The summed E-state index contributed by atoms with van der Waals surface area (Å²) in [5.74, 6) is -2.48. The van der Waals surface area contributed by atoms with Gasteiger partial charge in [0, 0.05) is 18.1 Å². The first-order valence-electron chi connectivity index (χ1n) is 6.15. The van der Waals surface area contributed by atoms with Crippen LogP contribution in [0.3, 0.4) is 0 Å². The second kappa shape index (κ2) is 6.62. The minimum atomic E-state index is -1.04. The molecule has 21 heavy (non-hydrogen) atoms. The number of amides is 1. The van der Waals surface area contributed by atoms with Crippen molar-refractivity contribution in [1.82, 2.24) is 4.90 Å². The van der Waals surface area contributed by atoms with Crippen LogP contribution in [0, 0.1) is 11.6 Å². The van der Waals surface area contributed by atoms with Crippen LogP contribution in [0.2, 0.25) is 5.02 Å². The van der Waals surface area contributed by atoms with Crippen LogP contribution in [0.4, 0.5) is 8.78 Å². The van der Waals surface area contributed by atoms with Crippen molar-refractivity contribution in [3.8, 4) is 0 Å². The van der Waals surface area contributed by atoms with Gasteiger partial charge in [-0.2, -0.15) is 11.8 Å². The maximum Gasteiger partial charge on any atom is 0.305 e. The van der Waals surface area contributed by atoms with E-state index < -0.39 is 40.1 Å². The minimum Gasteiger partial charge on any atom is -0.481 e. The van der Waals surface area contributed by atoms with Gasteiger partial charge in [-0.3, -0.25) is 9.59 Å². The normalized spacial score (nSPS) is 18.6. The zero-order valence-electron chi connectivity index (χ0n) is 10.8. The molecule has 1 aliphatic heterocycles. The maximum absolute atomic E-state index is 13.8. The van der Waals surface area contributed by atoms with Crippen LogP contribution in [-0.2, 0) is 4.79 Å². The fraction of sp³-hybridized carbons (Fsp3) is 0.385. The zero-order valence-corrected chi connectivity index (χ0v) is 12.4. The van der Waals surface area contributed by atoms with Crippen molar-refractivity contribution < 1.29 is 23.5 Å². The summed E-state index contributed by atoms with van der Waals surface area (Å²) < 4.78 is 27.2. The van der Waals surface area contributed by atoms with Gasteiger partial charge in [0.1, 0.15) is 11.6 Å². The molecule has 0 aromatic heterocycles. The first-order valence-corrected chi connectivity index (χ1v) is 7.68. The summed E-state index contributed by atoms with van der Waals surface area (Å²) in [7, 11) is 0. The first-order chi connectivity index (χ1) is 9.90. The van der Waals surface area contributed by atoms with Gasteiger partial charge in [0.2, 0.25) is 0 Å². The predicted octanol–water partition coefficient (Wildman–Crippen LogP) is 2.65. The molecule has 0 radical (unpaired) electrons. The lowest BCUT2D eigenvalue weighted by Gasteiger charge is -2.34. The van der Waals surface area contributed by atoms with E-state index in [1.165, 1.54) is 16.7 Å². The molecule has 1 aromatic carbocycles. The smallest absolute Gasteiger partial charge is 0.305 e. The average Bonchev–Trinajstić information content (AvgIpc) is 2.42. The van der Waals surface area contributed by atoms with E-state index in [1.54, 1.807) is 0 Å². The molecule has 0 bridgehead atoms. The molecule has 0 spiro atoms. The van der Waals surface area contributed by atoms with E-state index in [0.717, 1.165) is 12.1 Å². The topological polar surface area (TPSA) is 57.6 Å². The summed E-state index contributed by atoms with van der Waals surface area (Å²) in [5.41, 5.74) is -0.431. The van der Waals surface area contributed by atoms with Crippen molar-refractivity contribution in [2.75, 3.05) is 18.1 Å². The first kappa shape index (κ1) is 16.0. The Hall–Kier alpha value is -1.34. The molecule has 0 aliphatic carbocycles. The van der Waals surface area contributed by atoms with E-state index >= 15 is 0 Å². The van der Waals surface area contributed by atoms with Gasteiger partial charge in [-0.1, -0.05) is 11.6 Å². The lowest BCUT2D eigenvalue weighted by atomic mass is 10.1. The number of benzene rings is 1. The Bertz CT molecular complexity index is 585. The van der Waals surface area contributed by atoms with Gasteiger partial charge in [0.05, 0.1) is 23.0 Å². The van der Waals surface area contributed by atoms with Crippen LogP contribution < -0.4 is 0 Å². The van der Waals surface area contributed by atoms with Crippen molar-refractivity contribution in [3.63, 3.8) is 0 Å². The van der Waals surface area contributed by atoms with Gasteiger partial charge < -0.3 is 10.0 Å². The number of halogens is 3. The van der Waals surface area contributed by atoms with Gasteiger partial charge in [-0.05, 0) is 12.1 Å². The Morgan fingerprint density at radius 3 is 2.76 bits per heavy atom. The third-order valence-electron chi connectivity index (χ3n) is 3.14. The molecule has 1 heterocycles. The van der Waals surface area contributed by atoms with Crippen LogP contribution in [0.25, 0.3) is 0 Å². The molecule has 1 fully saturated rings. The van der Waals surface area contributed by atoms with Crippen LogP contribution >= 0.6 is 23.4 Å². The Morgan fingerprint density at radius 2 is 2.10 bits per heavy atom. The van der Waals surface area contributed by atoms with E-state index in [9.17, 15) is 18.4 Å². The molecule has 1 aliphatic rings. The molecule has 4 nitrogen and oxygen atoms in total. The molecular formula is C13H12ClF2NO3S. The third kappa shape index (κ3) is 3.65. The maximum atomic E-state index is 13.8. The van der Waals surface area contributed by atoms with Crippen LogP contribution in [0.1, 0.15) is 16.8 Å². The number of carboxylic acids is 1. The number of hydrogen-bond donors (Lipinski definition) is 1. The third-order valence-corrected chi connectivity index (χ3v) is 4.52. The van der Waals surface area contributed by atoms with E-state index in [-0.39, 0.29) is 6.42 Å². The Morgan fingerprint density at radius 1 is 1.38 bits per heavy atom. The van der Waals surface area contributed by atoms with Crippen molar-refractivity contribution in [3.05, 3.63) is 34.4 Å². The van der Waals surface area contributed by atoms with E-state index in [1.807, 2.05) is 0 Å². The highest BCUT2D eigenvalue weighted by Crippen LogP contribution is 2.25. The number of carboxylic acid groups (broad SMARTS) is 1. The summed E-state index contributed by atoms with van der Waals surface area (Å²) in [6.45, 7) is 0.297. The minimum absolute atomic E-state index is 0.226. The van der Waals surface area contributed by atoms with Crippen LogP contribution in [0.5, 0.6) is 0 Å². The molecule has 1 atom stereocenters. The van der Waals surface area contributed by atoms with Crippen LogP contribution in [-0.4, -0.2) is 46.0 Å². The molecule has 2 rings (SSSR count). The van der Waals surface area contributed by atoms with E-state index in [4.69, 9.17) is 16.7 Å². The number of rotatable bonds is 3. The number of carbonyl (C=O) groups excluding carboxylic acids is 1. The number of hydrogen-bond acceptors (Lipinski definition) is 3. The summed E-state index contributed by atoms with van der Waals surface area (Å²) in [4.78, 5) is 24.5. The van der Waals surface area contributed by atoms with Crippen molar-refractivity contribution >= 4 is 35.2 Å². The van der Waals surface area contributed by atoms with Crippen molar-refractivity contribution in [2.45, 2.75) is 12.5 Å². The Labute approximate surface area is 129 Å².